The number of carbonyl (C=O) groups is 1. The molecule has 3 heterocycles. The van der Waals surface area contributed by atoms with Crippen LogP contribution in [0.15, 0.2) is 22.5 Å². The summed E-state index contributed by atoms with van der Waals surface area (Å²) in [4.78, 5) is 20.2. The molecule has 0 aromatic carbocycles. The number of likely N-dealkylation sites (tertiary alicyclic amines) is 1. The molecule has 10 heteroatoms. The van der Waals surface area contributed by atoms with Crippen LogP contribution < -0.4 is 16.0 Å². The lowest BCUT2D eigenvalue weighted by molar-refractivity contribution is -0.121. The molecule has 2 unspecified atom stereocenters. The zero-order valence-electron chi connectivity index (χ0n) is 16.9. The number of carbonyl (C=O) groups excluding carboxylic acids is 1. The maximum atomic E-state index is 12.1. The summed E-state index contributed by atoms with van der Waals surface area (Å²) >= 11 is 1.78. The number of aliphatic imine (C=N–C) groups is 1. The predicted octanol–water partition coefficient (Wildman–Crippen LogP) is 0.743. The number of rotatable bonds is 8. The van der Waals surface area contributed by atoms with Crippen molar-refractivity contribution in [2.45, 2.75) is 37.8 Å². The summed E-state index contributed by atoms with van der Waals surface area (Å²) in [6, 6.07) is 4.34. The fourth-order valence-electron chi connectivity index (χ4n) is 3.86. The number of hydrogen-bond acceptors (Lipinski definition) is 6. The highest BCUT2D eigenvalue weighted by molar-refractivity contribution is 7.91. The van der Waals surface area contributed by atoms with Gasteiger partial charge in [0.15, 0.2) is 15.8 Å². The summed E-state index contributed by atoms with van der Waals surface area (Å²) in [5.74, 6) is 0.746. The summed E-state index contributed by atoms with van der Waals surface area (Å²) < 4.78 is 23.0. The van der Waals surface area contributed by atoms with Crippen molar-refractivity contribution in [3.05, 3.63) is 22.4 Å². The van der Waals surface area contributed by atoms with Gasteiger partial charge in [0.1, 0.15) is 0 Å². The van der Waals surface area contributed by atoms with Gasteiger partial charge in [-0.15, -0.1) is 11.3 Å². The minimum absolute atomic E-state index is 0.0516. The third-order valence-electron chi connectivity index (χ3n) is 5.38. The van der Waals surface area contributed by atoms with Gasteiger partial charge < -0.3 is 16.0 Å². The van der Waals surface area contributed by atoms with Crippen molar-refractivity contribution >= 4 is 33.0 Å². The lowest BCUT2D eigenvalue weighted by atomic mass is 10.2. The summed E-state index contributed by atoms with van der Waals surface area (Å²) in [6.07, 6.45) is 3.27. The number of guanidine groups is 1. The Morgan fingerprint density at radius 3 is 2.76 bits per heavy atom. The lowest BCUT2D eigenvalue weighted by Gasteiger charge is -2.27. The van der Waals surface area contributed by atoms with Gasteiger partial charge in [0.25, 0.3) is 0 Å². The van der Waals surface area contributed by atoms with E-state index in [9.17, 15) is 13.2 Å². The van der Waals surface area contributed by atoms with Gasteiger partial charge >= 0.3 is 0 Å². The van der Waals surface area contributed by atoms with Crippen molar-refractivity contribution in [2.75, 3.05) is 44.7 Å². The number of thiophene rings is 1. The van der Waals surface area contributed by atoms with Gasteiger partial charge in [-0.25, -0.2) is 8.42 Å². The van der Waals surface area contributed by atoms with Crippen LogP contribution >= 0.6 is 11.3 Å². The monoisotopic (exact) mass is 441 g/mol. The Labute approximate surface area is 177 Å². The van der Waals surface area contributed by atoms with E-state index in [-0.39, 0.29) is 29.9 Å². The van der Waals surface area contributed by atoms with Gasteiger partial charge in [-0.3, -0.25) is 14.7 Å². The predicted molar refractivity (Wildman–Crippen MR) is 117 cm³/mol. The van der Waals surface area contributed by atoms with Gasteiger partial charge in [0, 0.05) is 37.5 Å². The van der Waals surface area contributed by atoms with Gasteiger partial charge in [0.2, 0.25) is 5.91 Å². The van der Waals surface area contributed by atoms with Crippen LogP contribution in [0.5, 0.6) is 0 Å². The second-order valence-electron chi connectivity index (χ2n) is 7.57. The second-order valence-corrected chi connectivity index (χ2v) is 10.8. The molecule has 2 fully saturated rings. The Bertz CT molecular complexity index is 789. The molecule has 2 aliphatic heterocycles. The van der Waals surface area contributed by atoms with Gasteiger partial charge in [-0.05, 0) is 43.8 Å². The van der Waals surface area contributed by atoms with E-state index in [0.29, 0.717) is 25.0 Å². The Hall–Kier alpha value is -1.65. The normalized spacial score (nSPS) is 23.1. The first kappa shape index (κ1) is 22.0. The van der Waals surface area contributed by atoms with E-state index in [1.54, 1.807) is 18.4 Å². The molecule has 2 aliphatic rings. The van der Waals surface area contributed by atoms with Crippen LogP contribution in [0.4, 0.5) is 0 Å². The van der Waals surface area contributed by atoms with E-state index in [0.717, 1.165) is 19.6 Å². The highest BCUT2D eigenvalue weighted by Gasteiger charge is 2.28. The molecule has 0 radical (unpaired) electrons. The van der Waals surface area contributed by atoms with Crippen LogP contribution in [0.3, 0.4) is 0 Å². The zero-order valence-corrected chi connectivity index (χ0v) is 18.5. The minimum atomic E-state index is -2.98. The number of amides is 1. The van der Waals surface area contributed by atoms with Crippen LogP contribution in [0.1, 0.15) is 36.6 Å². The van der Waals surface area contributed by atoms with Crippen molar-refractivity contribution < 1.29 is 13.2 Å². The van der Waals surface area contributed by atoms with Crippen LogP contribution in [-0.2, 0) is 14.6 Å². The first-order valence-electron chi connectivity index (χ1n) is 10.2. The quantitative estimate of drug-likeness (QED) is 0.406. The fraction of sp³-hybridized carbons (Fsp3) is 0.684. The fourth-order valence-corrected chi connectivity index (χ4v) is 6.40. The molecular formula is C19H31N5O3S2. The zero-order chi connectivity index (χ0) is 20.7. The van der Waals surface area contributed by atoms with Gasteiger partial charge in [0.05, 0.1) is 17.5 Å². The standard InChI is InChI=1S/C19H31N5O3S2/c1-20-19(21-8-6-18(25)23-15-7-12-29(26,27)14-15)22-13-16(17-5-4-11-28-17)24-9-2-3-10-24/h4-5,11,15-16H,2-3,6-10,12-14H2,1H3,(H,23,25)(H2,20,21,22). The van der Waals surface area contributed by atoms with E-state index in [1.807, 2.05) is 0 Å². The van der Waals surface area contributed by atoms with E-state index < -0.39 is 9.84 Å². The molecule has 3 rings (SSSR count). The number of nitrogens with zero attached hydrogens (tertiary/aromatic N) is 2. The largest absolute Gasteiger partial charge is 0.356 e. The molecule has 1 aromatic rings. The molecule has 0 bridgehead atoms. The van der Waals surface area contributed by atoms with Crippen LogP contribution in [0.2, 0.25) is 0 Å². The Morgan fingerprint density at radius 2 is 2.14 bits per heavy atom. The average Bonchev–Trinajstić information content (AvgIpc) is 3.43. The maximum Gasteiger partial charge on any atom is 0.222 e. The molecule has 0 aliphatic carbocycles. The third-order valence-corrected chi connectivity index (χ3v) is 8.12. The first-order valence-corrected chi connectivity index (χ1v) is 12.9. The van der Waals surface area contributed by atoms with Gasteiger partial charge in [-0.2, -0.15) is 0 Å². The number of hydrogen-bond donors (Lipinski definition) is 3. The molecule has 8 nitrogen and oxygen atoms in total. The second kappa shape index (κ2) is 10.4. The highest BCUT2D eigenvalue weighted by atomic mass is 32.2. The smallest absolute Gasteiger partial charge is 0.222 e. The molecule has 162 valence electrons. The Kier molecular flexibility index (Phi) is 7.91. The van der Waals surface area contributed by atoms with Crippen molar-refractivity contribution in [3.8, 4) is 0 Å². The van der Waals surface area contributed by atoms with Crippen LogP contribution in [0.25, 0.3) is 0 Å². The molecule has 3 N–H and O–H groups in total. The minimum Gasteiger partial charge on any atom is -0.356 e. The van der Waals surface area contributed by atoms with Crippen LogP contribution in [0, 0.1) is 0 Å². The number of nitrogens with one attached hydrogen (secondary N) is 3. The van der Waals surface area contributed by atoms with Crippen molar-refractivity contribution in [1.82, 2.24) is 20.9 Å². The number of sulfone groups is 1. The third kappa shape index (κ3) is 6.68. The van der Waals surface area contributed by atoms with E-state index in [1.165, 1.54) is 17.7 Å². The maximum absolute atomic E-state index is 12.1. The first-order chi connectivity index (χ1) is 14.0. The van der Waals surface area contributed by atoms with E-state index >= 15 is 0 Å². The molecule has 29 heavy (non-hydrogen) atoms. The lowest BCUT2D eigenvalue weighted by Crippen LogP contribution is -2.44. The Balaban J connectivity index is 1.41. The molecule has 1 amide bonds. The molecular weight excluding hydrogens is 410 g/mol. The highest BCUT2D eigenvalue weighted by Crippen LogP contribution is 2.27. The molecule has 2 atom stereocenters. The van der Waals surface area contributed by atoms with Crippen molar-refractivity contribution in [2.24, 2.45) is 4.99 Å². The molecule has 0 spiro atoms. The van der Waals surface area contributed by atoms with Crippen LogP contribution in [-0.4, -0.2) is 76.0 Å². The summed E-state index contributed by atoms with van der Waals surface area (Å²) in [7, 11) is -1.27. The topological polar surface area (TPSA) is 103 Å². The molecule has 1 aromatic heterocycles. The summed E-state index contributed by atoms with van der Waals surface area (Å²) in [5.41, 5.74) is 0. The SMILES string of the molecule is CN=C(NCCC(=O)NC1CCS(=O)(=O)C1)NCC(c1cccs1)N1CCCC1. The average molecular weight is 442 g/mol. The van der Waals surface area contributed by atoms with E-state index in [2.05, 4.69) is 43.4 Å². The molecule has 2 saturated heterocycles. The Morgan fingerprint density at radius 1 is 1.34 bits per heavy atom. The summed E-state index contributed by atoms with van der Waals surface area (Å²) in [5, 5.41) is 11.5. The molecule has 0 saturated carbocycles. The van der Waals surface area contributed by atoms with Crippen molar-refractivity contribution in [3.63, 3.8) is 0 Å². The summed E-state index contributed by atoms with van der Waals surface area (Å²) in [6.45, 7) is 3.44. The van der Waals surface area contributed by atoms with Crippen molar-refractivity contribution in [1.29, 1.82) is 0 Å². The van der Waals surface area contributed by atoms with Gasteiger partial charge in [-0.1, -0.05) is 6.07 Å². The van der Waals surface area contributed by atoms with E-state index in [4.69, 9.17) is 0 Å².